The molecule has 5 nitrogen and oxygen atoms in total. The molecule has 0 aromatic heterocycles. The summed E-state index contributed by atoms with van der Waals surface area (Å²) in [7, 11) is 3.51. The number of allylic oxidation sites excluding steroid dienone is 1. The van der Waals surface area contributed by atoms with E-state index in [1.54, 1.807) is 18.1 Å². The van der Waals surface area contributed by atoms with Gasteiger partial charge in [-0.3, -0.25) is 9.59 Å². The summed E-state index contributed by atoms with van der Waals surface area (Å²) in [6.45, 7) is 0.776. The summed E-state index contributed by atoms with van der Waals surface area (Å²) in [5.74, 6) is 0.125. The lowest BCUT2D eigenvalue weighted by Gasteiger charge is -2.26. The van der Waals surface area contributed by atoms with Crippen molar-refractivity contribution in [3.63, 3.8) is 0 Å². The summed E-state index contributed by atoms with van der Waals surface area (Å²) >= 11 is 0. The van der Waals surface area contributed by atoms with Gasteiger partial charge in [0.1, 0.15) is 5.75 Å². The van der Waals surface area contributed by atoms with Crippen molar-refractivity contribution < 1.29 is 19.4 Å². The Morgan fingerprint density at radius 2 is 1.93 bits per heavy atom. The van der Waals surface area contributed by atoms with E-state index in [1.165, 1.54) is 24.8 Å². The van der Waals surface area contributed by atoms with Crippen LogP contribution in [0.4, 0.5) is 0 Å². The fourth-order valence-corrected chi connectivity index (χ4v) is 3.47. The van der Waals surface area contributed by atoms with E-state index in [9.17, 15) is 9.59 Å². The zero-order valence-corrected chi connectivity index (χ0v) is 16.5. The number of methoxy groups -OCH3 is 1. The summed E-state index contributed by atoms with van der Waals surface area (Å²) < 4.78 is 5.52. The first-order valence-corrected chi connectivity index (χ1v) is 9.85. The number of nitrogens with zero attached hydrogens (tertiary/aromatic N) is 1. The second-order valence-corrected chi connectivity index (χ2v) is 7.17. The number of unbranched alkanes of at least 4 members (excludes halogenated alkanes) is 5. The molecule has 0 aliphatic carbocycles. The van der Waals surface area contributed by atoms with Crippen LogP contribution in [0.25, 0.3) is 0 Å². The van der Waals surface area contributed by atoms with Gasteiger partial charge in [0.25, 0.3) is 5.91 Å². The molecule has 1 aromatic rings. The Hall–Kier alpha value is -2.30. The van der Waals surface area contributed by atoms with Crippen LogP contribution in [0.3, 0.4) is 0 Å². The zero-order chi connectivity index (χ0) is 19.6. The Morgan fingerprint density at radius 1 is 1.19 bits per heavy atom. The van der Waals surface area contributed by atoms with Crippen molar-refractivity contribution in [2.24, 2.45) is 0 Å². The Balaban J connectivity index is 1.74. The summed E-state index contributed by atoms with van der Waals surface area (Å²) in [6, 6.07) is 4.07. The van der Waals surface area contributed by atoms with Crippen molar-refractivity contribution in [3.8, 4) is 5.75 Å². The molecule has 0 atom stereocenters. The molecule has 148 valence electrons. The highest BCUT2D eigenvalue weighted by Gasteiger charge is 2.23. The Kier molecular flexibility index (Phi) is 8.37. The first-order chi connectivity index (χ1) is 13.0. The maximum Gasteiger partial charge on any atom is 0.307 e. The number of aryl methyl sites for hydroxylation is 1. The third kappa shape index (κ3) is 6.42. The van der Waals surface area contributed by atoms with E-state index in [-0.39, 0.29) is 12.3 Å². The number of rotatable bonds is 11. The van der Waals surface area contributed by atoms with E-state index in [2.05, 4.69) is 6.07 Å². The van der Waals surface area contributed by atoms with Crippen LogP contribution in [0.1, 0.15) is 66.4 Å². The van der Waals surface area contributed by atoms with Gasteiger partial charge in [0, 0.05) is 19.2 Å². The molecule has 1 amide bonds. The van der Waals surface area contributed by atoms with Crippen molar-refractivity contribution in [3.05, 3.63) is 41.0 Å². The van der Waals surface area contributed by atoms with Crippen molar-refractivity contribution in [1.29, 1.82) is 0 Å². The fourth-order valence-electron chi connectivity index (χ4n) is 3.47. The zero-order valence-electron chi connectivity index (χ0n) is 16.5. The lowest BCUT2D eigenvalue weighted by molar-refractivity contribution is -0.136. The van der Waals surface area contributed by atoms with Crippen LogP contribution in [0.2, 0.25) is 0 Å². The number of carbonyl (C=O) groups excluding carboxylic acids is 1. The Labute approximate surface area is 162 Å². The lowest BCUT2D eigenvalue weighted by atomic mass is 9.94. The largest absolute Gasteiger partial charge is 0.496 e. The first-order valence-electron chi connectivity index (χ1n) is 9.85. The fraction of sp³-hybridized carbons (Fsp3) is 0.545. The summed E-state index contributed by atoms with van der Waals surface area (Å²) in [4.78, 5) is 24.5. The van der Waals surface area contributed by atoms with Crippen LogP contribution in [0.15, 0.2) is 24.3 Å². The van der Waals surface area contributed by atoms with Crippen LogP contribution in [0.5, 0.6) is 5.75 Å². The van der Waals surface area contributed by atoms with Crippen molar-refractivity contribution >= 4 is 11.9 Å². The maximum absolute atomic E-state index is 12.3. The number of benzene rings is 1. The highest BCUT2D eigenvalue weighted by Crippen LogP contribution is 2.29. The van der Waals surface area contributed by atoms with Gasteiger partial charge in [-0.05, 0) is 49.3 Å². The van der Waals surface area contributed by atoms with Crippen LogP contribution >= 0.6 is 0 Å². The standard InChI is InChI=1S/C22H31NO4/c1-23-14-13-17-15-18(20(27-2)16-19(17)22(23)26)11-9-7-5-3-4-6-8-10-12-21(24)25/h8,10,15-16H,3-7,9,11-14H2,1-2H3,(H,24,25). The molecule has 1 aliphatic rings. The summed E-state index contributed by atoms with van der Waals surface area (Å²) in [5.41, 5.74) is 3.12. The van der Waals surface area contributed by atoms with E-state index in [4.69, 9.17) is 9.84 Å². The van der Waals surface area contributed by atoms with Gasteiger partial charge in [-0.25, -0.2) is 0 Å². The number of carbonyl (C=O) groups is 2. The molecule has 0 saturated carbocycles. The molecule has 0 radical (unpaired) electrons. The van der Waals surface area contributed by atoms with E-state index >= 15 is 0 Å². The quantitative estimate of drug-likeness (QED) is 0.465. The van der Waals surface area contributed by atoms with Crippen LogP contribution in [0, 0.1) is 0 Å². The number of aliphatic carboxylic acids is 1. The number of fused-ring (bicyclic) bond motifs is 1. The highest BCUT2D eigenvalue weighted by atomic mass is 16.5. The van der Waals surface area contributed by atoms with E-state index in [0.717, 1.165) is 55.5 Å². The second kappa shape index (κ2) is 10.8. The Morgan fingerprint density at radius 3 is 2.67 bits per heavy atom. The molecule has 1 heterocycles. The summed E-state index contributed by atoms with van der Waals surface area (Å²) in [5, 5.41) is 8.56. The monoisotopic (exact) mass is 373 g/mol. The molecular weight excluding hydrogens is 342 g/mol. The number of carboxylic acid groups (broad SMARTS) is 1. The average Bonchev–Trinajstić information content (AvgIpc) is 2.65. The SMILES string of the molecule is COc1cc2c(cc1CCCCCCCC=CCC(=O)O)CCN(C)C2=O. The molecule has 27 heavy (non-hydrogen) atoms. The van der Waals surface area contributed by atoms with Gasteiger partial charge in [0.05, 0.1) is 13.5 Å². The molecule has 0 unspecified atom stereocenters. The number of amides is 1. The van der Waals surface area contributed by atoms with Gasteiger partial charge in [-0.2, -0.15) is 0 Å². The number of likely N-dealkylation sites (N-methyl/N-ethyl adjacent to an activating group) is 1. The van der Waals surface area contributed by atoms with E-state index < -0.39 is 5.97 Å². The van der Waals surface area contributed by atoms with E-state index in [1.807, 2.05) is 19.2 Å². The van der Waals surface area contributed by atoms with Crippen LogP contribution in [-0.4, -0.2) is 42.6 Å². The highest BCUT2D eigenvalue weighted by molar-refractivity contribution is 5.97. The van der Waals surface area contributed by atoms with Gasteiger partial charge in [-0.1, -0.05) is 37.5 Å². The summed E-state index contributed by atoms with van der Waals surface area (Å²) in [6.07, 6.45) is 12.4. The molecule has 0 fully saturated rings. The second-order valence-electron chi connectivity index (χ2n) is 7.17. The van der Waals surface area contributed by atoms with Crippen molar-refractivity contribution in [2.45, 2.75) is 57.8 Å². The third-order valence-electron chi connectivity index (χ3n) is 5.08. The van der Waals surface area contributed by atoms with Crippen LogP contribution < -0.4 is 4.74 Å². The molecule has 1 aromatic carbocycles. The predicted octanol–water partition coefficient (Wildman–Crippen LogP) is 4.24. The third-order valence-corrected chi connectivity index (χ3v) is 5.08. The topological polar surface area (TPSA) is 66.8 Å². The molecule has 1 aliphatic heterocycles. The molecule has 2 rings (SSSR count). The van der Waals surface area contributed by atoms with Gasteiger partial charge < -0.3 is 14.7 Å². The maximum atomic E-state index is 12.3. The van der Waals surface area contributed by atoms with E-state index in [0.29, 0.717) is 0 Å². The first kappa shape index (κ1) is 21.0. The van der Waals surface area contributed by atoms with Gasteiger partial charge in [0.15, 0.2) is 0 Å². The van der Waals surface area contributed by atoms with Gasteiger partial charge >= 0.3 is 5.97 Å². The van der Waals surface area contributed by atoms with Gasteiger partial charge in [0.2, 0.25) is 0 Å². The number of hydrogen-bond acceptors (Lipinski definition) is 3. The molecule has 0 saturated heterocycles. The minimum absolute atomic E-state index is 0.0819. The number of ether oxygens (including phenoxy) is 1. The minimum atomic E-state index is -0.778. The average molecular weight is 373 g/mol. The number of carboxylic acids is 1. The lowest BCUT2D eigenvalue weighted by Crippen LogP contribution is -2.34. The normalized spacial score (nSPS) is 13.9. The molecule has 1 N–H and O–H groups in total. The molecule has 0 bridgehead atoms. The molecule has 5 heteroatoms. The van der Waals surface area contributed by atoms with Crippen molar-refractivity contribution in [2.75, 3.05) is 20.7 Å². The molecular formula is C22H31NO4. The Bertz CT molecular complexity index is 681. The van der Waals surface area contributed by atoms with Crippen LogP contribution in [-0.2, 0) is 17.6 Å². The number of hydrogen-bond donors (Lipinski definition) is 1. The van der Waals surface area contributed by atoms with Gasteiger partial charge in [-0.15, -0.1) is 0 Å². The smallest absolute Gasteiger partial charge is 0.307 e. The predicted molar refractivity (Wildman–Crippen MR) is 106 cm³/mol. The minimum Gasteiger partial charge on any atom is -0.496 e. The molecule has 0 spiro atoms. The van der Waals surface area contributed by atoms with Crippen molar-refractivity contribution in [1.82, 2.24) is 4.90 Å².